The summed E-state index contributed by atoms with van der Waals surface area (Å²) in [5.41, 5.74) is 2.75. The molecular formula is C14H12N2O. The van der Waals surface area contributed by atoms with Gasteiger partial charge in [-0.15, -0.1) is 0 Å². The lowest BCUT2D eigenvalue weighted by Gasteiger charge is -2.26. The number of Topliss-reactive ketones (excluding diaryl/α,β-unsaturated/α-hetero) is 1. The summed E-state index contributed by atoms with van der Waals surface area (Å²) < 4.78 is 0. The van der Waals surface area contributed by atoms with E-state index in [0.717, 1.165) is 16.8 Å². The largest absolute Gasteiger partial charge is 0.377 e. The van der Waals surface area contributed by atoms with Crippen molar-refractivity contribution in [2.45, 2.75) is 12.5 Å². The van der Waals surface area contributed by atoms with Gasteiger partial charge in [0.25, 0.3) is 0 Å². The second-order valence-electron chi connectivity index (χ2n) is 4.16. The molecule has 0 aliphatic carbocycles. The van der Waals surface area contributed by atoms with Crippen LogP contribution < -0.4 is 5.32 Å². The smallest absolute Gasteiger partial charge is 0.167 e. The minimum Gasteiger partial charge on any atom is -0.377 e. The molecule has 0 radical (unpaired) electrons. The number of pyridine rings is 1. The van der Waals surface area contributed by atoms with Gasteiger partial charge < -0.3 is 5.32 Å². The molecule has 3 heteroatoms. The predicted molar refractivity (Wildman–Crippen MR) is 66.0 cm³/mol. The lowest BCUT2D eigenvalue weighted by atomic mass is 9.93. The minimum atomic E-state index is 0.0334. The van der Waals surface area contributed by atoms with Crippen LogP contribution in [0.1, 0.15) is 28.4 Å². The van der Waals surface area contributed by atoms with E-state index in [-0.39, 0.29) is 11.8 Å². The lowest BCUT2D eigenvalue weighted by Crippen LogP contribution is -2.22. The van der Waals surface area contributed by atoms with E-state index in [4.69, 9.17) is 0 Å². The molecular weight excluding hydrogens is 212 g/mol. The molecule has 3 rings (SSSR count). The van der Waals surface area contributed by atoms with Gasteiger partial charge in [0, 0.05) is 30.1 Å². The molecule has 1 aliphatic heterocycles. The average molecular weight is 224 g/mol. The van der Waals surface area contributed by atoms with Crippen LogP contribution in [-0.4, -0.2) is 10.8 Å². The highest BCUT2D eigenvalue weighted by molar-refractivity contribution is 6.03. The molecule has 0 spiro atoms. The Bertz CT molecular complexity index is 551. The molecule has 0 fully saturated rings. The number of para-hydroxylation sites is 1. The Morgan fingerprint density at radius 2 is 2.06 bits per heavy atom. The standard InChI is InChI=1S/C14H12N2O/c17-14-8-13(10-4-3-7-15-9-10)16-12-6-2-1-5-11(12)14/h1-7,9,13,16H,8H2/t13-/m0/s1. The molecule has 1 N–H and O–H groups in total. The van der Waals surface area contributed by atoms with Crippen LogP contribution in [0.2, 0.25) is 0 Å². The number of carbonyl (C=O) groups excluding carboxylic acids is 1. The fraction of sp³-hybridized carbons (Fsp3) is 0.143. The number of nitrogens with zero attached hydrogens (tertiary/aromatic N) is 1. The van der Waals surface area contributed by atoms with Crippen LogP contribution in [0.25, 0.3) is 0 Å². The van der Waals surface area contributed by atoms with Gasteiger partial charge in [-0.1, -0.05) is 18.2 Å². The van der Waals surface area contributed by atoms with Gasteiger partial charge in [0.15, 0.2) is 5.78 Å². The zero-order valence-electron chi connectivity index (χ0n) is 9.26. The first-order chi connectivity index (χ1) is 8.34. The Hall–Kier alpha value is -2.16. The quantitative estimate of drug-likeness (QED) is 0.809. The summed E-state index contributed by atoms with van der Waals surface area (Å²) in [6.45, 7) is 0. The third kappa shape index (κ3) is 1.80. The van der Waals surface area contributed by atoms with E-state index in [9.17, 15) is 4.79 Å². The molecule has 0 bridgehead atoms. The summed E-state index contributed by atoms with van der Waals surface area (Å²) in [5, 5.41) is 3.38. The van der Waals surface area contributed by atoms with Crippen molar-refractivity contribution in [3.63, 3.8) is 0 Å². The van der Waals surface area contributed by atoms with E-state index >= 15 is 0 Å². The molecule has 1 atom stereocenters. The maximum absolute atomic E-state index is 12.0. The summed E-state index contributed by atoms with van der Waals surface area (Å²) in [5.74, 6) is 0.188. The van der Waals surface area contributed by atoms with Gasteiger partial charge in [0.2, 0.25) is 0 Å². The molecule has 1 aromatic heterocycles. The Morgan fingerprint density at radius 3 is 2.88 bits per heavy atom. The third-order valence-electron chi connectivity index (χ3n) is 3.03. The van der Waals surface area contributed by atoms with Gasteiger partial charge >= 0.3 is 0 Å². The molecule has 3 nitrogen and oxygen atoms in total. The monoisotopic (exact) mass is 224 g/mol. The van der Waals surface area contributed by atoms with Crippen LogP contribution in [0.15, 0.2) is 48.8 Å². The van der Waals surface area contributed by atoms with Crippen molar-refractivity contribution < 1.29 is 4.79 Å². The van der Waals surface area contributed by atoms with E-state index in [1.54, 1.807) is 12.4 Å². The Kier molecular flexibility index (Phi) is 2.37. The molecule has 0 saturated heterocycles. The van der Waals surface area contributed by atoms with Gasteiger partial charge in [-0.05, 0) is 23.8 Å². The van der Waals surface area contributed by atoms with Crippen molar-refractivity contribution in [1.82, 2.24) is 4.98 Å². The van der Waals surface area contributed by atoms with Crippen molar-refractivity contribution in [3.05, 3.63) is 59.9 Å². The molecule has 17 heavy (non-hydrogen) atoms. The van der Waals surface area contributed by atoms with E-state index in [1.807, 2.05) is 36.4 Å². The number of nitrogens with one attached hydrogen (secondary N) is 1. The zero-order valence-corrected chi connectivity index (χ0v) is 9.26. The number of hydrogen-bond donors (Lipinski definition) is 1. The molecule has 0 amide bonds. The van der Waals surface area contributed by atoms with Crippen LogP contribution in [0.4, 0.5) is 5.69 Å². The predicted octanol–water partition coefficient (Wildman–Crippen LogP) is 2.82. The van der Waals surface area contributed by atoms with Crippen molar-refractivity contribution in [1.29, 1.82) is 0 Å². The first-order valence-corrected chi connectivity index (χ1v) is 5.63. The Morgan fingerprint density at radius 1 is 1.18 bits per heavy atom. The summed E-state index contributed by atoms with van der Waals surface area (Å²) in [6, 6.07) is 11.5. The van der Waals surface area contributed by atoms with Gasteiger partial charge in [0.05, 0.1) is 6.04 Å². The van der Waals surface area contributed by atoms with Crippen LogP contribution in [0.5, 0.6) is 0 Å². The van der Waals surface area contributed by atoms with Crippen LogP contribution in [0.3, 0.4) is 0 Å². The highest BCUT2D eigenvalue weighted by atomic mass is 16.1. The van der Waals surface area contributed by atoms with Gasteiger partial charge in [-0.3, -0.25) is 9.78 Å². The fourth-order valence-electron chi connectivity index (χ4n) is 2.17. The van der Waals surface area contributed by atoms with Crippen molar-refractivity contribution in [3.8, 4) is 0 Å². The first kappa shape index (κ1) is 10.0. The summed E-state index contributed by atoms with van der Waals surface area (Å²) >= 11 is 0. The van der Waals surface area contributed by atoms with Gasteiger partial charge in [-0.25, -0.2) is 0 Å². The SMILES string of the molecule is O=C1C[C@@H](c2cccnc2)Nc2ccccc21. The highest BCUT2D eigenvalue weighted by Gasteiger charge is 2.24. The number of ketones is 1. The second kappa shape index (κ2) is 4.01. The molecule has 0 saturated carbocycles. The van der Waals surface area contributed by atoms with Crippen LogP contribution in [-0.2, 0) is 0 Å². The Labute approximate surface area is 99.5 Å². The van der Waals surface area contributed by atoms with Crippen LogP contribution in [0, 0.1) is 0 Å². The third-order valence-corrected chi connectivity index (χ3v) is 3.03. The topological polar surface area (TPSA) is 42.0 Å². The maximum Gasteiger partial charge on any atom is 0.167 e. The van der Waals surface area contributed by atoms with E-state index in [0.29, 0.717) is 6.42 Å². The average Bonchev–Trinajstić information content (AvgIpc) is 2.40. The van der Waals surface area contributed by atoms with Crippen LogP contribution >= 0.6 is 0 Å². The lowest BCUT2D eigenvalue weighted by molar-refractivity contribution is 0.0972. The van der Waals surface area contributed by atoms with E-state index in [2.05, 4.69) is 10.3 Å². The highest BCUT2D eigenvalue weighted by Crippen LogP contribution is 2.31. The normalized spacial score (nSPS) is 18.4. The fourth-order valence-corrected chi connectivity index (χ4v) is 2.17. The molecule has 1 aromatic carbocycles. The number of anilines is 1. The van der Waals surface area contributed by atoms with Gasteiger partial charge in [-0.2, -0.15) is 0 Å². The number of fused-ring (bicyclic) bond motifs is 1. The second-order valence-corrected chi connectivity index (χ2v) is 4.16. The van der Waals surface area contributed by atoms with Gasteiger partial charge in [0.1, 0.15) is 0 Å². The molecule has 1 aliphatic rings. The number of aromatic nitrogens is 1. The molecule has 2 aromatic rings. The number of carbonyl (C=O) groups is 1. The maximum atomic E-state index is 12.0. The molecule has 2 heterocycles. The molecule has 84 valence electrons. The van der Waals surface area contributed by atoms with E-state index in [1.165, 1.54) is 0 Å². The van der Waals surface area contributed by atoms with Crippen molar-refractivity contribution >= 4 is 11.5 Å². The summed E-state index contributed by atoms with van der Waals surface area (Å²) in [6.07, 6.45) is 4.03. The Balaban J connectivity index is 1.97. The van der Waals surface area contributed by atoms with Crippen molar-refractivity contribution in [2.75, 3.05) is 5.32 Å². The summed E-state index contributed by atoms with van der Waals surface area (Å²) in [4.78, 5) is 16.1. The molecule has 0 unspecified atom stereocenters. The minimum absolute atomic E-state index is 0.0334. The van der Waals surface area contributed by atoms with Crippen molar-refractivity contribution in [2.24, 2.45) is 0 Å². The van der Waals surface area contributed by atoms with E-state index < -0.39 is 0 Å². The first-order valence-electron chi connectivity index (χ1n) is 5.63. The zero-order chi connectivity index (χ0) is 11.7. The number of rotatable bonds is 1. The number of benzene rings is 1. The number of hydrogen-bond acceptors (Lipinski definition) is 3. The summed E-state index contributed by atoms with van der Waals surface area (Å²) in [7, 11) is 0.